The van der Waals surface area contributed by atoms with E-state index in [4.69, 9.17) is 5.11 Å². The van der Waals surface area contributed by atoms with Gasteiger partial charge in [-0.15, -0.1) is 0 Å². The second-order valence-electron chi connectivity index (χ2n) is 5.34. The van der Waals surface area contributed by atoms with Crippen LogP contribution in [0, 0.1) is 11.3 Å². The SMILES string of the molecule is O=C(O)CCN1CC2CCCCC2(CO)C1. The monoisotopic (exact) mass is 227 g/mol. The largest absolute Gasteiger partial charge is 0.481 e. The average Bonchev–Trinajstić information content (AvgIpc) is 2.65. The van der Waals surface area contributed by atoms with Gasteiger partial charge in [0.15, 0.2) is 0 Å². The van der Waals surface area contributed by atoms with Crippen LogP contribution < -0.4 is 0 Å². The lowest BCUT2D eigenvalue weighted by Crippen LogP contribution is -2.37. The number of nitrogens with zero attached hydrogens (tertiary/aromatic N) is 1. The molecule has 16 heavy (non-hydrogen) atoms. The van der Waals surface area contributed by atoms with Crippen LogP contribution in [0.1, 0.15) is 32.1 Å². The van der Waals surface area contributed by atoms with Gasteiger partial charge < -0.3 is 15.1 Å². The molecular formula is C12H21NO3. The number of aliphatic hydroxyl groups excluding tert-OH is 1. The summed E-state index contributed by atoms with van der Waals surface area (Å²) in [6, 6.07) is 0. The third-order valence-electron chi connectivity index (χ3n) is 4.32. The van der Waals surface area contributed by atoms with E-state index >= 15 is 0 Å². The molecule has 2 fully saturated rings. The highest BCUT2D eigenvalue weighted by atomic mass is 16.4. The maximum Gasteiger partial charge on any atom is 0.304 e. The van der Waals surface area contributed by atoms with Gasteiger partial charge in [0, 0.05) is 25.0 Å². The molecule has 0 amide bonds. The van der Waals surface area contributed by atoms with Crippen LogP contribution in [-0.2, 0) is 4.79 Å². The number of carboxylic acid groups (broad SMARTS) is 1. The summed E-state index contributed by atoms with van der Waals surface area (Å²) in [5.74, 6) is -0.145. The lowest BCUT2D eigenvalue weighted by Gasteiger charge is -2.36. The molecule has 0 aromatic rings. The highest BCUT2D eigenvalue weighted by molar-refractivity contribution is 5.66. The number of likely N-dealkylation sites (tertiary alicyclic amines) is 1. The minimum absolute atomic E-state index is 0.0801. The van der Waals surface area contributed by atoms with Crippen molar-refractivity contribution in [1.29, 1.82) is 0 Å². The van der Waals surface area contributed by atoms with Gasteiger partial charge in [-0.3, -0.25) is 4.79 Å². The van der Waals surface area contributed by atoms with Gasteiger partial charge in [0.05, 0.1) is 13.0 Å². The topological polar surface area (TPSA) is 60.8 Å². The first-order chi connectivity index (χ1) is 7.66. The van der Waals surface area contributed by atoms with Crippen LogP contribution >= 0.6 is 0 Å². The number of hydrogen-bond acceptors (Lipinski definition) is 3. The van der Waals surface area contributed by atoms with Crippen LogP contribution in [-0.4, -0.2) is 47.3 Å². The number of aliphatic hydroxyl groups is 1. The van der Waals surface area contributed by atoms with E-state index in [0.717, 1.165) is 19.5 Å². The number of hydrogen-bond donors (Lipinski definition) is 2. The van der Waals surface area contributed by atoms with E-state index in [0.29, 0.717) is 12.5 Å². The van der Waals surface area contributed by atoms with Gasteiger partial charge in [-0.05, 0) is 18.8 Å². The second-order valence-corrected chi connectivity index (χ2v) is 5.34. The first kappa shape index (κ1) is 11.9. The van der Waals surface area contributed by atoms with Crippen LogP contribution in [0.4, 0.5) is 0 Å². The highest BCUT2D eigenvalue weighted by Crippen LogP contribution is 2.46. The van der Waals surface area contributed by atoms with Crippen LogP contribution in [0.5, 0.6) is 0 Å². The Balaban J connectivity index is 1.94. The predicted molar refractivity (Wildman–Crippen MR) is 60.2 cm³/mol. The zero-order valence-corrected chi connectivity index (χ0v) is 9.69. The van der Waals surface area contributed by atoms with Gasteiger partial charge in [-0.1, -0.05) is 12.8 Å². The lowest BCUT2D eigenvalue weighted by atomic mass is 9.69. The fraction of sp³-hybridized carbons (Fsp3) is 0.917. The Morgan fingerprint density at radius 2 is 2.25 bits per heavy atom. The Hall–Kier alpha value is -0.610. The second kappa shape index (κ2) is 4.72. The van der Waals surface area contributed by atoms with Gasteiger partial charge in [0.25, 0.3) is 0 Å². The number of rotatable bonds is 4. The Bertz CT molecular complexity index is 269. The van der Waals surface area contributed by atoms with Crippen molar-refractivity contribution >= 4 is 5.97 Å². The Morgan fingerprint density at radius 3 is 2.88 bits per heavy atom. The molecule has 0 radical (unpaired) electrons. The molecule has 2 atom stereocenters. The summed E-state index contributed by atoms with van der Waals surface area (Å²) < 4.78 is 0. The molecule has 0 aromatic carbocycles. The van der Waals surface area contributed by atoms with Crippen molar-refractivity contribution in [2.45, 2.75) is 32.1 Å². The minimum atomic E-state index is -0.729. The molecule has 4 heteroatoms. The fourth-order valence-corrected chi connectivity index (χ4v) is 3.38. The molecule has 0 spiro atoms. The third kappa shape index (κ3) is 2.23. The molecule has 0 bridgehead atoms. The van der Waals surface area contributed by atoms with Crippen molar-refractivity contribution in [3.8, 4) is 0 Å². The maximum atomic E-state index is 10.5. The van der Waals surface area contributed by atoms with E-state index in [1.165, 1.54) is 19.3 Å². The third-order valence-corrected chi connectivity index (χ3v) is 4.32. The van der Waals surface area contributed by atoms with Crippen LogP contribution in [0.15, 0.2) is 0 Å². The summed E-state index contributed by atoms with van der Waals surface area (Å²) in [4.78, 5) is 12.8. The molecule has 0 aromatic heterocycles. The average molecular weight is 227 g/mol. The molecule has 92 valence electrons. The van der Waals surface area contributed by atoms with Gasteiger partial charge >= 0.3 is 5.97 Å². The predicted octanol–water partition coefficient (Wildman–Crippen LogP) is 0.946. The molecular weight excluding hydrogens is 206 g/mol. The molecule has 1 aliphatic carbocycles. The summed E-state index contributed by atoms with van der Waals surface area (Å²) >= 11 is 0. The molecule has 1 saturated heterocycles. The van der Waals surface area contributed by atoms with E-state index in [2.05, 4.69) is 4.90 Å². The van der Waals surface area contributed by atoms with Gasteiger partial charge in [0.2, 0.25) is 0 Å². The van der Waals surface area contributed by atoms with E-state index in [1.54, 1.807) is 0 Å². The molecule has 2 rings (SSSR count). The smallest absolute Gasteiger partial charge is 0.304 e. The van der Waals surface area contributed by atoms with Crippen molar-refractivity contribution in [3.63, 3.8) is 0 Å². The maximum absolute atomic E-state index is 10.5. The number of fused-ring (bicyclic) bond motifs is 1. The highest BCUT2D eigenvalue weighted by Gasteiger charge is 2.46. The fourth-order valence-electron chi connectivity index (χ4n) is 3.38. The summed E-state index contributed by atoms with van der Waals surface area (Å²) in [7, 11) is 0. The molecule has 1 saturated carbocycles. The molecule has 2 unspecified atom stereocenters. The van der Waals surface area contributed by atoms with Crippen molar-refractivity contribution < 1.29 is 15.0 Å². The molecule has 2 aliphatic rings. The first-order valence-corrected chi connectivity index (χ1v) is 6.21. The Labute approximate surface area is 96.3 Å². The van der Waals surface area contributed by atoms with E-state index in [1.807, 2.05) is 0 Å². The summed E-state index contributed by atoms with van der Waals surface area (Å²) in [6.45, 7) is 2.77. The number of aliphatic carboxylic acids is 1. The van der Waals surface area contributed by atoms with Crippen molar-refractivity contribution in [1.82, 2.24) is 4.90 Å². The van der Waals surface area contributed by atoms with E-state index < -0.39 is 5.97 Å². The molecule has 4 nitrogen and oxygen atoms in total. The standard InChI is InChI=1S/C12H21NO3/c14-9-12-5-2-1-3-10(12)7-13(8-12)6-4-11(15)16/h10,14H,1-9H2,(H,15,16). The summed E-state index contributed by atoms with van der Waals surface area (Å²) in [5.41, 5.74) is 0.0801. The van der Waals surface area contributed by atoms with Crippen LogP contribution in [0.25, 0.3) is 0 Å². The number of carbonyl (C=O) groups is 1. The Morgan fingerprint density at radius 1 is 1.44 bits per heavy atom. The van der Waals surface area contributed by atoms with Crippen LogP contribution in [0.3, 0.4) is 0 Å². The quantitative estimate of drug-likeness (QED) is 0.750. The molecule has 1 heterocycles. The number of carboxylic acids is 1. The van der Waals surface area contributed by atoms with Gasteiger partial charge in [0.1, 0.15) is 0 Å². The van der Waals surface area contributed by atoms with Crippen molar-refractivity contribution in [2.75, 3.05) is 26.2 Å². The lowest BCUT2D eigenvalue weighted by molar-refractivity contribution is -0.137. The summed E-state index contributed by atoms with van der Waals surface area (Å²) in [5, 5.41) is 18.3. The Kier molecular flexibility index (Phi) is 3.50. The van der Waals surface area contributed by atoms with Crippen molar-refractivity contribution in [2.24, 2.45) is 11.3 Å². The normalized spacial score (nSPS) is 34.9. The van der Waals surface area contributed by atoms with E-state index in [-0.39, 0.29) is 18.4 Å². The first-order valence-electron chi connectivity index (χ1n) is 6.21. The van der Waals surface area contributed by atoms with Crippen molar-refractivity contribution in [3.05, 3.63) is 0 Å². The van der Waals surface area contributed by atoms with Crippen LogP contribution in [0.2, 0.25) is 0 Å². The van der Waals surface area contributed by atoms with Gasteiger partial charge in [-0.2, -0.15) is 0 Å². The molecule has 2 N–H and O–H groups in total. The zero-order chi connectivity index (χ0) is 11.6. The van der Waals surface area contributed by atoms with E-state index in [9.17, 15) is 9.90 Å². The van der Waals surface area contributed by atoms with Gasteiger partial charge in [-0.25, -0.2) is 0 Å². The minimum Gasteiger partial charge on any atom is -0.481 e. The molecule has 1 aliphatic heterocycles. The summed E-state index contributed by atoms with van der Waals surface area (Å²) in [6.07, 6.45) is 5.00. The zero-order valence-electron chi connectivity index (χ0n) is 9.69.